The number of hydrogen-bond donors (Lipinski definition) is 2. The number of halogens is 2. The Morgan fingerprint density at radius 2 is 2.25 bits per heavy atom. The van der Waals surface area contributed by atoms with Gasteiger partial charge in [-0.05, 0) is 12.1 Å². The lowest BCUT2D eigenvalue weighted by Gasteiger charge is -2.03. The van der Waals surface area contributed by atoms with Gasteiger partial charge in [-0.25, -0.2) is 4.98 Å². The molecule has 1 aromatic rings. The normalized spacial score (nSPS) is 10.0. The van der Waals surface area contributed by atoms with Crippen LogP contribution in [0.2, 0.25) is 0 Å². The molecule has 0 aliphatic heterocycles. The molecule has 0 aliphatic carbocycles. The number of pyridine rings is 1. The highest BCUT2D eigenvalue weighted by Crippen LogP contribution is 2.13. The second-order valence-electron chi connectivity index (χ2n) is 1.87. The van der Waals surface area contributed by atoms with Crippen LogP contribution in [0.5, 0.6) is 5.75 Å². The molecule has 0 unspecified atom stereocenters. The zero-order chi connectivity index (χ0) is 8.97. The van der Waals surface area contributed by atoms with Gasteiger partial charge in [0.2, 0.25) is 0 Å². The first kappa shape index (κ1) is 8.66. The molecule has 0 saturated carbocycles. The fourth-order valence-corrected chi connectivity index (χ4v) is 0.619. The molecule has 0 spiro atoms. The van der Waals surface area contributed by atoms with E-state index in [1.807, 2.05) is 0 Å². The van der Waals surface area contributed by atoms with Crippen LogP contribution in [-0.4, -0.2) is 16.8 Å². The summed E-state index contributed by atoms with van der Waals surface area (Å²) in [5.41, 5.74) is 1.75. The molecule has 1 heterocycles. The van der Waals surface area contributed by atoms with Gasteiger partial charge >= 0.3 is 6.61 Å². The van der Waals surface area contributed by atoms with E-state index >= 15 is 0 Å². The van der Waals surface area contributed by atoms with Crippen molar-refractivity contribution in [1.29, 1.82) is 0 Å². The molecule has 6 heteroatoms. The van der Waals surface area contributed by atoms with Crippen LogP contribution in [0.1, 0.15) is 0 Å². The number of aromatic nitrogens is 1. The molecule has 0 saturated heterocycles. The number of rotatable bonds is 3. The minimum Gasteiger partial charge on any atom is -0.433 e. The lowest BCUT2D eigenvalue weighted by Crippen LogP contribution is -2.02. The van der Waals surface area contributed by atoms with Crippen molar-refractivity contribution in [1.82, 2.24) is 4.98 Å². The number of nitrogens with zero attached hydrogens (tertiary/aromatic N) is 1. The van der Waals surface area contributed by atoms with Crippen LogP contribution < -0.4 is 10.2 Å². The summed E-state index contributed by atoms with van der Waals surface area (Å²) in [6.07, 6.45) is 1.07. The molecular formula is C6H6F2N2O2. The first-order valence-corrected chi connectivity index (χ1v) is 3.03. The third-order valence-electron chi connectivity index (χ3n) is 1.08. The van der Waals surface area contributed by atoms with Gasteiger partial charge in [0, 0.05) is 0 Å². The van der Waals surface area contributed by atoms with Crippen molar-refractivity contribution >= 4 is 5.82 Å². The van der Waals surface area contributed by atoms with Crippen LogP contribution in [0.15, 0.2) is 18.3 Å². The van der Waals surface area contributed by atoms with Crippen LogP contribution in [0.4, 0.5) is 14.6 Å². The Balaban J connectivity index is 2.65. The molecular weight excluding hydrogens is 170 g/mol. The van der Waals surface area contributed by atoms with E-state index in [0.29, 0.717) is 0 Å². The summed E-state index contributed by atoms with van der Waals surface area (Å²) < 4.78 is 27.2. The quantitative estimate of drug-likeness (QED) is 0.685. The van der Waals surface area contributed by atoms with Crippen molar-refractivity contribution in [2.75, 3.05) is 5.48 Å². The fourth-order valence-electron chi connectivity index (χ4n) is 0.619. The molecule has 1 rings (SSSR count). The predicted molar refractivity (Wildman–Crippen MR) is 36.3 cm³/mol. The second-order valence-corrected chi connectivity index (χ2v) is 1.87. The first-order chi connectivity index (χ1) is 5.72. The lowest BCUT2D eigenvalue weighted by molar-refractivity contribution is -0.0500. The van der Waals surface area contributed by atoms with Gasteiger partial charge in [0.25, 0.3) is 0 Å². The van der Waals surface area contributed by atoms with Gasteiger partial charge < -0.3 is 4.74 Å². The maximum absolute atomic E-state index is 11.6. The molecule has 2 N–H and O–H groups in total. The van der Waals surface area contributed by atoms with Crippen molar-refractivity contribution in [2.24, 2.45) is 0 Å². The van der Waals surface area contributed by atoms with E-state index in [1.165, 1.54) is 12.1 Å². The smallest absolute Gasteiger partial charge is 0.387 e. The van der Waals surface area contributed by atoms with Gasteiger partial charge in [-0.1, -0.05) is 0 Å². The van der Waals surface area contributed by atoms with Crippen LogP contribution in [0.3, 0.4) is 0 Å². The number of nitrogens with one attached hydrogen (secondary N) is 1. The molecule has 1 aromatic heterocycles. The van der Waals surface area contributed by atoms with E-state index in [0.717, 1.165) is 6.20 Å². The van der Waals surface area contributed by atoms with E-state index in [2.05, 4.69) is 9.72 Å². The van der Waals surface area contributed by atoms with Gasteiger partial charge in [0.1, 0.15) is 11.6 Å². The number of ether oxygens (including phenoxy) is 1. The Morgan fingerprint density at radius 1 is 1.50 bits per heavy atom. The average Bonchev–Trinajstić information content (AvgIpc) is 2.05. The average molecular weight is 176 g/mol. The molecule has 66 valence electrons. The van der Waals surface area contributed by atoms with Crippen molar-refractivity contribution in [3.63, 3.8) is 0 Å². The SMILES string of the molecule is ONc1ccc(OC(F)F)cn1. The summed E-state index contributed by atoms with van der Waals surface area (Å²) in [6, 6.07) is 2.56. The van der Waals surface area contributed by atoms with Crippen molar-refractivity contribution in [3.05, 3.63) is 18.3 Å². The highest BCUT2D eigenvalue weighted by atomic mass is 19.3. The van der Waals surface area contributed by atoms with Crippen molar-refractivity contribution < 1.29 is 18.7 Å². The predicted octanol–water partition coefficient (Wildman–Crippen LogP) is 1.48. The molecule has 4 nitrogen and oxygen atoms in total. The number of anilines is 1. The summed E-state index contributed by atoms with van der Waals surface area (Å²) in [6.45, 7) is -2.86. The Labute approximate surface area is 66.8 Å². The fraction of sp³-hybridized carbons (Fsp3) is 0.167. The van der Waals surface area contributed by atoms with E-state index in [4.69, 9.17) is 5.21 Å². The van der Waals surface area contributed by atoms with Crippen LogP contribution in [0.25, 0.3) is 0 Å². The number of hydrogen-bond acceptors (Lipinski definition) is 4. The van der Waals surface area contributed by atoms with Crippen LogP contribution in [-0.2, 0) is 0 Å². The maximum Gasteiger partial charge on any atom is 0.387 e. The second kappa shape index (κ2) is 3.82. The van der Waals surface area contributed by atoms with Crippen molar-refractivity contribution in [2.45, 2.75) is 6.61 Å². The van der Waals surface area contributed by atoms with Gasteiger partial charge in [-0.2, -0.15) is 8.78 Å². The minimum absolute atomic E-state index is 0.0519. The zero-order valence-electron chi connectivity index (χ0n) is 5.87. The van der Waals surface area contributed by atoms with Crippen LogP contribution >= 0.6 is 0 Å². The Bertz CT molecular complexity index is 240. The molecule has 0 fully saturated rings. The van der Waals surface area contributed by atoms with Gasteiger partial charge in [-0.3, -0.25) is 10.7 Å². The summed E-state index contributed by atoms with van der Waals surface area (Å²) in [4.78, 5) is 3.53. The molecule has 0 bridgehead atoms. The molecule has 0 aliphatic rings. The van der Waals surface area contributed by atoms with Gasteiger partial charge in [0.15, 0.2) is 0 Å². The standard InChI is InChI=1S/C6H6F2N2O2/c7-6(8)12-4-1-2-5(10-11)9-3-4/h1-3,6,11H,(H,9,10). The molecule has 0 radical (unpaired) electrons. The first-order valence-electron chi connectivity index (χ1n) is 3.03. The third-order valence-corrected chi connectivity index (χ3v) is 1.08. The number of alkyl halides is 2. The summed E-state index contributed by atoms with van der Waals surface area (Å²) in [5, 5.41) is 8.31. The molecule has 0 amide bonds. The maximum atomic E-state index is 11.6. The highest BCUT2D eigenvalue weighted by Gasteiger charge is 2.03. The van der Waals surface area contributed by atoms with E-state index in [-0.39, 0.29) is 11.6 Å². The zero-order valence-corrected chi connectivity index (χ0v) is 5.87. The van der Waals surface area contributed by atoms with Gasteiger partial charge in [0.05, 0.1) is 6.20 Å². The monoisotopic (exact) mass is 176 g/mol. The van der Waals surface area contributed by atoms with Gasteiger partial charge in [-0.15, -0.1) is 0 Å². The Kier molecular flexibility index (Phi) is 2.76. The summed E-state index contributed by atoms with van der Waals surface area (Å²) in [5.74, 6) is 0.112. The summed E-state index contributed by atoms with van der Waals surface area (Å²) in [7, 11) is 0. The minimum atomic E-state index is -2.86. The topological polar surface area (TPSA) is 54.4 Å². The van der Waals surface area contributed by atoms with E-state index in [1.54, 1.807) is 5.48 Å². The molecule has 0 atom stereocenters. The third kappa shape index (κ3) is 2.31. The lowest BCUT2D eigenvalue weighted by atomic mass is 10.4. The van der Waals surface area contributed by atoms with E-state index < -0.39 is 6.61 Å². The molecule has 0 aromatic carbocycles. The Hall–Kier alpha value is -1.43. The highest BCUT2D eigenvalue weighted by molar-refractivity contribution is 5.34. The largest absolute Gasteiger partial charge is 0.433 e. The van der Waals surface area contributed by atoms with Crippen LogP contribution in [0, 0.1) is 0 Å². The van der Waals surface area contributed by atoms with Crippen molar-refractivity contribution in [3.8, 4) is 5.75 Å². The summed E-state index contributed by atoms with van der Waals surface area (Å²) >= 11 is 0. The van der Waals surface area contributed by atoms with E-state index in [9.17, 15) is 8.78 Å². The Morgan fingerprint density at radius 3 is 2.67 bits per heavy atom. The molecule has 12 heavy (non-hydrogen) atoms.